The molecule has 1 atom stereocenters. The highest BCUT2D eigenvalue weighted by Crippen LogP contribution is 2.36. The molecule has 5 rings (SSSR count). The molecule has 3 heterocycles. The minimum atomic E-state index is -1.02. The van der Waals surface area contributed by atoms with Crippen molar-refractivity contribution in [1.82, 2.24) is 19.4 Å². The third-order valence-corrected chi connectivity index (χ3v) is 7.42. The Balaban J connectivity index is 1.86. The molecule has 40 heavy (non-hydrogen) atoms. The number of para-hydroxylation sites is 1. The number of aromatic nitrogens is 3. The third-order valence-electron chi connectivity index (χ3n) is 7.13. The van der Waals surface area contributed by atoms with Crippen LogP contribution in [0.4, 0.5) is 15.0 Å². The van der Waals surface area contributed by atoms with Crippen molar-refractivity contribution in [2.75, 3.05) is 24.5 Å². The molecule has 0 aliphatic carbocycles. The number of nitrogens with zero attached hydrogens (tertiary/aromatic N) is 6. The Labute approximate surface area is 234 Å². The van der Waals surface area contributed by atoms with Crippen LogP contribution < -0.4 is 10.6 Å². The van der Waals surface area contributed by atoms with Gasteiger partial charge in [-0.1, -0.05) is 49.7 Å². The number of piperazine rings is 1. The smallest absolute Gasteiger partial charge is 0.407 e. The molecule has 0 saturated carbocycles. The molecule has 1 N–H and O–H groups in total. The number of amides is 1. The van der Waals surface area contributed by atoms with Crippen LogP contribution in [0.1, 0.15) is 37.8 Å². The average Bonchev–Trinajstić information content (AvgIpc) is 2.92. The fraction of sp³-hybridized carbons (Fsp3) is 0.276. The highest BCUT2D eigenvalue weighted by molar-refractivity contribution is 6.33. The Bertz CT molecular complexity index is 1750. The Morgan fingerprint density at radius 3 is 2.58 bits per heavy atom. The summed E-state index contributed by atoms with van der Waals surface area (Å²) in [6.45, 7) is 6.47. The fourth-order valence-electron chi connectivity index (χ4n) is 5.18. The molecule has 9 nitrogen and oxygen atoms in total. The molecule has 1 saturated heterocycles. The number of hydrogen-bond donors (Lipinski definition) is 1. The first kappa shape index (κ1) is 27.1. The second-order valence-corrected chi connectivity index (χ2v) is 10.4. The van der Waals surface area contributed by atoms with E-state index >= 15 is 0 Å². The second-order valence-electron chi connectivity index (χ2n) is 10.0. The first-order valence-corrected chi connectivity index (χ1v) is 13.2. The van der Waals surface area contributed by atoms with Gasteiger partial charge in [0.15, 0.2) is 5.65 Å². The van der Waals surface area contributed by atoms with E-state index in [1.54, 1.807) is 36.4 Å². The van der Waals surface area contributed by atoms with Gasteiger partial charge < -0.3 is 14.9 Å². The molecule has 1 aliphatic heterocycles. The summed E-state index contributed by atoms with van der Waals surface area (Å²) in [6.07, 6.45) is -1.02. The zero-order chi connectivity index (χ0) is 28.7. The monoisotopic (exact) mass is 560 g/mol. The van der Waals surface area contributed by atoms with Gasteiger partial charge in [-0.05, 0) is 42.7 Å². The molecule has 0 spiro atoms. The lowest BCUT2D eigenvalue weighted by molar-refractivity contribution is 0.136. The molecule has 1 unspecified atom stereocenters. The summed E-state index contributed by atoms with van der Waals surface area (Å²) in [5.41, 5.74) is 1.15. The molecule has 1 aliphatic rings. The number of hydrogen-bond acceptors (Lipinski definition) is 6. The topological polar surface area (TPSA) is 115 Å². The molecule has 0 bridgehead atoms. The maximum atomic E-state index is 14.9. The predicted molar refractivity (Wildman–Crippen MR) is 151 cm³/mol. The van der Waals surface area contributed by atoms with Crippen LogP contribution in [0.3, 0.4) is 0 Å². The van der Waals surface area contributed by atoms with Crippen LogP contribution in [0.15, 0.2) is 53.3 Å². The van der Waals surface area contributed by atoms with Crippen LogP contribution in [0, 0.1) is 17.1 Å². The number of carboxylic acid groups (broad SMARTS) is 1. The van der Waals surface area contributed by atoms with Crippen LogP contribution in [0.2, 0.25) is 5.02 Å². The van der Waals surface area contributed by atoms with Crippen LogP contribution in [-0.2, 0) is 0 Å². The number of carbonyl (C=O) groups is 1. The van der Waals surface area contributed by atoms with E-state index in [9.17, 15) is 24.3 Å². The highest BCUT2D eigenvalue weighted by Gasteiger charge is 2.31. The molecular formula is C29H26ClFN6O3. The Morgan fingerprint density at radius 2 is 1.93 bits per heavy atom. The molecule has 2 aromatic carbocycles. The van der Waals surface area contributed by atoms with Gasteiger partial charge in [0.2, 0.25) is 0 Å². The molecule has 4 aromatic rings. The van der Waals surface area contributed by atoms with Crippen molar-refractivity contribution in [3.05, 3.63) is 81.0 Å². The van der Waals surface area contributed by atoms with E-state index in [-0.39, 0.29) is 59.1 Å². The number of pyridine rings is 1. The van der Waals surface area contributed by atoms with Gasteiger partial charge >= 0.3 is 11.8 Å². The van der Waals surface area contributed by atoms with Gasteiger partial charge in [-0.2, -0.15) is 10.2 Å². The van der Waals surface area contributed by atoms with E-state index in [1.807, 2.05) is 31.7 Å². The normalized spacial score (nSPS) is 15.5. The van der Waals surface area contributed by atoms with E-state index in [0.717, 1.165) is 5.56 Å². The Kier molecular flexibility index (Phi) is 7.17. The van der Waals surface area contributed by atoms with Gasteiger partial charge in [0.25, 0.3) is 0 Å². The van der Waals surface area contributed by atoms with E-state index < -0.39 is 17.6 Å². The molecule has 1 amide bonds. The van der Waals surface area contributed by atoms with Gasteiger partial charge in [-0.25, -0.2) is 23.5 Å². The SMILES string of the molecule is CC(C)c1cccc(C#N)c1-n1c(=O)nc(N2CCN(C(=O)O)CC2C)c2cc(Cl)c(-c3ccccc3F)nc21. The average molecular weight is 561 g/mol. The van der Waals surface area contributed by atoms with E-state index in [1.165, 1.54) is 15.5 Å². The maximum Gasteiger partial charge on any atom is 0.407 e. The van der Waals surface area contributed by atoms with Crippen molar-refractivity contribution in [3.8, 4) is 23.0 Å². The van der Waals surface area contributed by atoms with E-state index in [2.05, 4.69) is 11.1 Å². The van der Waals surface area contributed by atoms with Crippen LogP contribution in [0.25, 0.3) is 28.0 Å². The summed E-state index contributed by atoms with van der Waals surface area (Å²) in [7, 11) is 0. The number of rotatable bonds is 4. The summed E-state index contributed by atoms with van der Waals surface area (Å²) < 4.78 is 16.2. The molecule has 11 heteroatoms. The number of fused-ring (bicyclic) bond motifs is 1. The van der Waals surface area contributed by atoms with Crippen LogP contribution in [0.5, 0.6) is 0 Å². The Morgan fingerprint density at radius 1 is 1.18 bits per heavy atom. The minimum Gasteiger partial charge on any atom is -0.465 e. The molecule has 2 aromatic heterocycles. The van der Waals surface area contributed by atoms with E-state index in [0.29, 0.717) is 16.9 Å². The van der Waals surface area contributed by atoms with Crippen molar-refractivity contribution < 1.29 is 14.3 Å². The minimum absolute atomic E-state index is 0.0487. The van der Waals surface area contributed by atoms with Gasteiger partial charge in [-0.3, -0.25) is 0 Å². The number of nitriles is 1. The van der Waals surface area contributed by atoms with Gasteiger partial charge in [0, 0.05) is 31.2 Å². The first-order chi connectivity index (χ1) is 19.1. The number of benzene rings is 2. The zero-order valence-corrected chi connectivity index (χ0v) is 22.9. The zero-order valence-electron chi connectivity index (χ0n) is 22.1. The second kappa shape index (κ2) is 10.6. The van der Waals surface area contributed by atoms with Crippen molar-refractivity contribution in [1.29, 1.82) is 5.26 Å². The van der Waals surface area contributed by atoms with Gasteiger partial charge in [0.05, 0.1) is 27.4 Å². The van der Waals surface area contributed by atoms with Crippen molar-refractivity contribution in [2.45, 2.75) is 32.7 Å². The first-order valence-electron chi connectivity index (χ1n) is 12.8. The third kappa shape index (κ3) is 4.62. The lowest BCUT2D eigenvalue weighted by Crippen LogP contribution is -2.54. The van der Waals surface area contributed by atoms with Crippen LogP contribution >= 0.6 is 11.6 Å². The van der Waals surface area contributed by atoms with Crippen LogP contribution in [-0.4, -0.2) is 56.3 Å². The molecule has 0 radical (unpaired) electrons. The van der Waals surface area contributed by atoms with E-state index in [4.69, 9.17) is 16.6 Å². The summed E-state index contributed by atoms with van der Waals surface area (Å²) >= 11 is 6.70. The maximum absolute atomic E-state index is 14.9. The molecular weight excluding hydrogens is 535 g/mol. The molecule has 1 fully saturated rings. The van der Waals surface area contributed by atoms with Crippen molar-refractivity contribution in [3.63, 3.8) is 0 Å². The van der Waals surface area contributed by atoms with Gasteiger partial charge in [-0.15, -0.1) is 0 Å². The van der Waals surface area contributed by atoms with Crippen molar-refractivity contribution in [2.24, 2.45) is 0 Å². The fourth-order valence-corrected chi connectivity index (χ4v) is 5.43. The summed E-state index contributed by atoms with van der Waals surface area (Å²) in [6, 6.07) is 14.8. The Hall–Kier alpha value is -4.49. The lowest BCUT2D eigenvalue weighted by atomic mass is 9.97. The summed E-state index contributed by atoms with van der Waals surface area (Å²) in [4.78, 5) is 37.8. The molecule has 204 valence electrons. The van der Waals surface area contributed by atoms with Gasteiger partial charge in [0.1, 0.15) is 17.7 Å². The number of halogens is 2. The number of anilines is 1. The van der Waals surface area contributed by atoms with Crippen molar-refractivity contribution >= 4 is 34.5 Å². The predicted octanol–water partition coefficient (Wildman–Crippen LogP) is 5.42. The summed E-state index contributed by atoms with van der Waals surface area (Å²) in [5.74, 6) is -0.283. The largest absolute Gasteiger partial charge is 0.465 e. The standard InChI is InChI=1S/C29H26ClFN6O3/c1-16(2)19-9-6-7-18(14-32)25(19)37-27-21(13-22(30)24(33-27)20-8-4-5-10-23(20)31)26(34-28(37)38)36-12-11-35(29(39)40)15-17(36)3/h4-10,13,16-17H,11-12,15H2,1-3H3,(H,39,40). The lowest BCUT2D eigenvalue weighted by Gasteiger charge is -2.39. The quantitative estimate of drug-likeness (QED) is 0.354. The summed E-state index contributed by atoms with van der Waals surface area (Å²) in [5, 5.41) is 20.0. The highest BCUT2D eigenvalue weighted by atomic mass is 35.5.